The first-order valence-corrected chi connectivity index (χ1v) is 6.43. The first-order chi connectivity index (χ1) is 8.26. The maximum absolute atomic E-state index is 13.1. The number of ether oxygens (including phenoxy) is 3. The van der Waals surface area contributed by atoms with Crippen LogP contribution >= 0.6 is 15.9 Å². The third kappa shape index (κ3) is 6.00. The third-order valence-electron chi connectivity index (χ3n) is 2.01. The Morgan fingerprint density at radius 3 is 2.59 bits per heavy atom. The van der Waals surface area contributed by atoms with Crippen molar-refractivity contribution in [3.8, 4) is 5.75 Å². The highest BCUT2D eigenvalue weighted by molar-refractivity contribution is 9.08. The summed E-state index contributed by atoms with van der Waals surface area (Å²) >= 11 is 3.28. The summed E-state index contributed by atoms with van der Waals surface area (Å²) in [4.78, 5) is 0. The zero-order chi connectivity index (χ0) is 12.5. The van der Waals surface area contributed by atoms with Crippen LogP contribution < -0.4 is 4.74 Å². The molecule has 0 spiro atoms. The van der Waals surface area contributed by atoms with Gasteiger partial charge in [-0.15, -0.1) is 0 Å². The number of hydrogen-bond donors (Lipinski definition) is 0. The quantitative estimate of drug-likeness (QED) is 0.546. The fourth-order valence-corrected chi connectivity index (χ4v) is 1.57. The minimum Gasteiger partial charge on any atom is -0.491 e. The number of hydrogen-bond acceptors (Lipinski definition) is 3. The third-order valence-corrected chi connectivity index (χ3v) is 2.66. The summed E-state index contributed by atoms with van der Waals surface area (Å²) in [5.41, 5.74) is 0.848. The molecule has 0 atom stereocenters. The van der Waals surface area contributed by atoms with Crippen molar-refractivity contribution in [1.82, 2.24) is 0 Å². The molecule has 0 unspecified atom stereocenters. The molecule has 0 saturated heterocycles. The number of alkyl halides is 1. The SMILES string of the molecule is COCCOCCOc1cc(F)cc(CBr)c1. The summed E-state index contributed by atoms with van der Waals surface area (Å²) in [6.07, 6.45) is 0. The van der Waals surface area contributed by atoms with Crippen LogP contribution in [0.5, 0.6) is 5.75 Å². The predicted octanol–water partition coefficient (Wildman–Crippen LogP) is 2.76. The van der Waals surface area contributed by atoms with Crippen LogP contribution in [0.15, 0.2) is 18.2 Å². The molecule has 0 aliphatic carbocycles. The van der Waals surface area contributed by atoms with Crippen LogP contribution in [0.1, 0.15) is 5.56 Å². The lowest BCUT2D eigenvalue weighted by atomic mass is 10.2. The van der Waals surface area contributed by atoms with E-state index in [-0.39, 0.29) is 5.82 Å². The van der Waals surface area contributed by atoms with Gasteiger partial charge in [0.25, 0.3) is 0 Å². The second-order valence-corrected chi connectivity index (χ2v) is 3.94. The lowest BCUT2D eigenvalue weighted by Gasteiger charge is -2.08. The number of methoxy groups -OCH3 is 1. The van der Waals surface area contributed by atoms with E-state index in [1.807, 2.05) is 0 Å². The molecule has 1 rings (SSSR count). The zero-order valence-corrected chi connectivity index (χ0v) is 11.3. The summed E-state index contributed by atoms with van der Waals surface area (Å²) in [5, 5.41) is 0.603. The van der Waals surface area contributed by atoms with E-state index in [0.29, 0.717) is 37.5 Å². The molecule has 0 N–H and O–H groups in total. The predicted molar refractivity (Wildman–Crippen MR) is 67.2 cm³/mol. The van der Waals surface area contributed by atoms with Gasteiger partial charge in [0.05, 0.1) is 19.8 Å². The largest absolute Gasteiger partial charge is 0.491 e. The highest BCUT2D eigenvalue weighted by Crippen LogP contribution is 2.18. The molecule has 17 heavy (non-hydrogen) atoms. The van der Waals surface area contributed by atoms with E-state index in [4.69, 9.17) is 14.2 Å². The normalized spacial score (nSPS) is 10.5. The molecule has 0 bridgehead atoms. The van der Waals surface area contributed by atoms with Crippen LogP contribution in [0, 0.1) is 5.82 Å². The van der Waals surface area contributed by atoms with Gasteiger partial charge in [-0.2, -0.15) is 0 Å². The number of rotatable bonds is 8. The minimum atomic E-state index is -0.294. The number of halogens is 2. The van der Waals surface area contributed by atoms with Crippen molar-refractivity contribution < 1.29 is 18.6 Å². The molecule has 1 aromatic rings. The summed E-state index contributed by atoms with van der Waals surface area (Å²) in [6, 6.07) is 4.63. The molecule has 0 fully saturated rings. The Kier molecular flexibility index (Phi) is 7.16. The molecular weight excluding hydrogens is 291 g/mol. The maximum atomic E-state index is 13.1. The van der Waals surface area contributed by atoms with Gasteiger partial charge in [0.1, 0.15) is 18.2 Å². The standard InChI is InChI=1S/C12H16BrFO3/c1-15-2-3-16-4-5-17-12-7-10(9-13)6-11(14)8-12/h6-8H,2-5,9H2,1H3. The van der Waals surface area contributed by atoms with Gasteiger partial charge in [-0.3, -0.25) is 0 Å². The van der Waals surface area contributed by atoms with E-state index in [0.717, 1.165) is 5.56 Å². The van der Waals surface area contributed by atoms with Crippen LogP contribution in [0.3, 0.4) is 0 Å². The van der Waals surface area contributed by atoms with Gasteiger partial charge in [0, 0.05) is 18.5 Å². The summed E-state index contributed by atoms with van der Waals surface area (Å²) in [5.74, 6) is 0.229. The molecule has 0 aromatic heterocycles. The van der Waals surface area contributed by atoms with E-state index in [1.165, 1.54) is 12.1 Å². The summed E-state index contributed by atoms with van der Waals surface area (Å²) < 4.78 is 28.6. The molecule has 96 valence electrons. The van der Waals surface area contributed by atoms with Crippen LogP contribution in [-0.4, -0.2) is 33.5 Å². The van der Waals surface area contributed by atoms with E-state index in [1.54, 1.807) is 13.2 Å². The van der Waals surface area contributed by atoms with Crippen LogP contribution in [0.25, 0.3) is 0 Å². The van der Waals surface area contributed by atoms with E-state index >= 15 is 0 Å². The van der Waals surface area contributed by atoms with Crippen molar-refractivity contribution in [3.05, 3.63) is 29.6 Å². The van der Waals surface area contributed by atoms with E-state index in [9.17, 15) is 4.39 Å². The molecule has 5 heteroatoms. The smallest absolute Gasteiger partial charge is 0.127 e. The Labute approximate surface area is 109 Å². The van der Waals surface area contributed by atoms with Crippen LogP contribution in [-0.2, 0) is 14.8 Å². The summed E-state index contributed by atoms with van der Waals surface area (Å²) in [6.45, 7) is 1.96. The Balaban J connectivity index is 2.28. The molecule has 0 amide bonds. The van der Waals surface area contributed by atoms with Gasteiger partial charge in [-0.1, -0.05) is 15.9 Å². The molecule has 0 saturated carbocycles. The second-order valence-electron chi connectivity index (χ2n) is 3.38. The van der Waals surface area contributed by atoms with Crippen LogP contribution in [0.2, 0.25) is 0 Å². The molecule has 0 aliphatic heterocycles. The molecule has 3 nitrogen and oxygen atoms in total. The van der Waals surface area contributed by atoms with Crippen molar-refractivity contribution in [2.45, 2.75) is 5.33 Å². The van der Waals surface area contributed by atoms with Gasteiger partial charge in [-0.05, 0) is 17.7 Å². The van der Waals surface area contributed by atoms with Gasteiger partial charge in [-0.25, -0.2) is 4.39 Å². The fraction of sp³-hybridized carbons (Fsp3) is 0.500. The maximum Gasteiger partial charge on any atom is 0.127 e. The van der Waals surface area contributed by atoms with Crippen LogP contribution in [0.4, 0.5) is 4.39 Å². The first-order valence-electron chi connectivity index (χ1n) is 5.31. The van der Waals surface area contributed by atoms with Gasteiger partial charge >= 0.3 is 0 Å². The Bertz CT molecular complexity index is 334. The highest BCUT2D eigenvalue weighted by Gasteiger charge is 2.01. The molecule has 1 aromatic carbocycles. The molecule has 0 heterocycles. The van der Waals surface area contributed by atoms with E-state index in [2.05, 4.69) is 15.9 Å². The molecule has 0 radical (unpaired) electrons. The fourth-order valence-electron chi connectivity index (χ4n) is 1.24. The molecule has 0 aliphatic rings. The zero-order valence-electron chi connectivity index (χ0n) is 9.75. The topological polar surface area (TPSA) is 27.7 Å². The van der Waals surface area contributed by atoms with Crippen molar-refractivity contribution in [1.29, 1.82) is 0 Å². The van der Waals surface area contributed by atoms with Gasteiger partial charge in [0.2, 0.25) is 0 Å². The Morgan fingerprint density at radius 2 is 1.88 bits per heavy atom. The lowest BCUT2D eigenvalue weighted by Crippen LogP contribution is -2.10. The van der Waals surface area contributed by atoms with Crippen molar-refractivity contribution in [3.63, 3.8) is 0 Å². The number of benzene rings is 1. The van der Waals surface area contributed by atoms with Crippen molar-refractivity contribution >= 4 is 15.9 Å². The average Bonchev–Trinajstić information content (AvgIpc) is 2.33. The molecular formula is C12H16BrFO3. The summed E-state index contributed by atoms with van der Waals surface area (Å²) in [7, 11) is 1.62. The van der Waals surface area contributed by atoms with Gasteiger partial charge < -0.3 is 14.2 Å². The lowest BCUT2D eigenvalue weighted by molar-refractivity contribution is 0.0544. The monoisotopic (exact) mass is 306 g/mol. The highest BCUT2D eigenvalue weighted by atomic mass is 79.9. The minimum absolute atomic E-state index is 0.294. The Hall–Kier alpha value is -0.650. The Morgan fingerprint density at radius 1 is 1.12 bits per heavy atom. The van der Waals surface area contributed by atoms with E-state index < -0.39 is 0 Å². The van der Waals surface area contributed by atoms with Crippen molar-refractivity contribution in [2.24, 2.45) is 0 Å². The first kappa shape index (κ1) is 14.4. The average molecular weight is 307 g/mol. The van der Waals surface area contributed by atoms with Gasteiger partial charge in [0.15, 0.2) is 0 Å². The second kappa shape index (κ2) is 8.44. The van der Waals surface area contributed by atoms with Crippen molar-refractivity contribution in [2.75, 3.05) is 33.5 Å².